The number of nitrogens with zero attached hydrogens (tertiary/aromatic N) is 1. The highest BCUT2D eigenvalue weighted by molar-refractivity contribution is 7.98. The first-order valence-corrected chi connectivity index (χ1v) is 7.11. The molecule has 1 saturated carbocycles. The molecule has 1 heterocycles. The van der Waals surface area contributed by atoms with Gasteiger partial charge in [-0.3, -0.25) is 5.41 Å². The van der Waals surface area contributed by atoms with E-state index in [0.29, 0.717) is 5.92 Å². The van der Waals surface area contributed by atoms with Crippen molar-refractivity contribution in [3.8, 4) is 0 Å². The standard InChI is InChI=1S/C10H15N3S2/c1-2-14-5-7-13-8(6-3-4-6)9(15-7)10(11)12/h6H,2-5H2,1H3,(H3,11,12). The molecule has 5 heteroatoms. The summed E-state index contributed by atoms with van der Waals surface area (Å²) in [5.74, 6) is 2.82. The molecule has 0 amide bonds. The summed E-state index contributed by atoms with van der Waals surface area (Å²) in [5, 5.41) is 8.65. The molecule has 0 aliphatic heterocycles. The molecule has 0 radical (unpaired) electrons. The minimum absolute atomic E-state index is 0.183. The van der Waals surface area contributed by atoms with Crippen LogP contribution in [0.5, 0.6) is 0 Å². The van der Waals surface area contributed by atoms with Gasteiger partial charge in [0, 0.05) is 11.7 Å². The average molecular weight is 241 g/mol. The maximum atomic E-state index is 7.53. The third kappa shape index (κ3) is 2.52. The minimum Gasteiger partial charge on any atom is -0.383 e. The van der Waals surface area contributed by atoms with Gasteiger partial charge in [-0.25, -0.2) is 4.98 Å². The van der Waals surface area contributed by atoms with E-state index in [2.05, 4.69) is 11.9 Å². The first-order valence-electron chi connectivity index (χ1n) is 5.14. The Morgan fingerprint density at radius 1 is 1.67 bits per heavy atom. The third-order valence-electron chi connectivity index (χ3n) is 2.34. The lowest BCUT2D eigenvalue weighted by Crippen LogP contribution is -2.11. The smallest absolute Gasteiger partial charge is 0.135 e. The molecule has 3 N–H and O–H groups in total. The first kappa shape index (κ1) is 11.0. The molecule has 82 valence electrons. The third-order valence-corrected chi connectivity index (χ3v) is 4.51. The quantitative estimate of drug-likeness (QED) is 0.615. The van der Waals surface area contributed by atoms with E-state index in [4.69, 9.17) is 11.1 Å². The number of amidine groups is 1. The molecule has 0 aromatic carbocycles. The van der Waals surface area contributed by atoms with E-state index in [1.165, 1.54) is 12.8 Å². The van der Waals surface area contributed by atoms with Gasteiger partial charge in [-0.05, 0) is 18.6 Å². The van der Waals surface area contributed by atoms with Gasteiger partial charge in [-0.1, -0.05) is 6.92 Å². The van der Waals surface area contributed by atoms with E-state index in [9.17, 15) is 0 Å². The van der Waals surface area contributed by atoms with Crippen molar-refractivity contribution in [2.75, 3.05) is 5.75 Å². The van der Waals surface area contributed by atoms with E-state index in [0.717, 1.165) is 27.1 Å². The fraction of sp³-hybridized carbons (Fsp3) is 0.600. The van der Waals surface area contributed by atoms with E-state index in [1.54, 1.807) is 11.3 Å². The molecule has 0 atom stereocenters. The van der Waals surface area contributed by atoms with Crippen LogP contribution in [0.1, 0.15) is 41.3 Å². The summed E-state index contributed by atoms with van der Waals surface area (Å²) < 4.78 is 0. The van der Waals surface area contributed by atoms with Gasteiger partial charge >= 0.3 is 0 Å². The maximum absolute atomic E-state index is 7.53. The molecule has 0 bridgehead atoms. The summed E-state index contributed by atoms with van der Waals surface area (Å²) in [5.41, 5.74) is 6.65. The number of hydrogen-bond acceptors (Lipinski definition) is 4. The van der Waals surface area contributed by atoms with Crippen molar-refractivity contribution in [1.82, 2.24) is 4.98 Å². The van der Waals surface area contributed by atoms with Gasteiger partial charge in [0.25, 0.3) is 0 Å². The predicted octanol–water partition coefficient (Wildman–Crippen LogP) is 2.56. The van der Waals surface area contributed by atoms with Crippen molar-refractivity contribution in [3.05, 3.63) is 15.6 Å². The van der Waals surface area contributed by atoms with Crippen LogP contribution in [0.3, 0.4) is 0 Å². The molecule has 0 unspecified atom stereocenters. The summed E-state index contributed by atoms with van der Waals surface area (Å²) in [4.78, 5) is 5.51. The van der Waals surface area contributed by atoms with Crippen molar-refractivity contribution in [2.45, 2.75) is 31.4 Å². The van der Waals surface area contributed by atoms with Crippen molar-refractivity contribution >= 4 is 28.9 Å². The molecule has 0 saturated heterocycles. The topological polar surface area (TPSA) is 62.8 Å². The summed E-state index contributed by atoms with van der Waals surface area (Å²) in [6.45, 7) is 2.14. The molecule has 2 rings (SSSR count). The van der Waals surface area contributed by atoms with Gasteiger partial charge in [0.1, 0.15) is 10.8 Å². The zero-order valence-electron chi connectivity index (χ0n) is 8.75. The molecule has 1 aromatic heterocycles. The van der Waals surface area contributed by atoms with Crippen LogP contribution in [-0.2, 0) is 5.75 Å². The molecule has 1 aliphatic carbocycles. The lowest BCUT2D eigenvalue weighted by molar-refractivity contribution is 1.02. The van der Waals surface area contributed by atoms with Crippen LogP contribution in [0.15, 0.2) is 0 Å². The minimum atomic E-state index is 0.183. The van der Waals surface area contributed by atoms with Crippen LogP contribution in [0.2, 0.25) is 0 Å². The number of nitrogens with one attached hydrogen (secondary N) is 1. The highest BCUT2D eigenvalue weighted by atomic mass is 32.2. The summed E-state index contributed by atoms with van der Waals surface area (Å²) >= 11 is 3.46. The fourth-order valence-corrected chi connectivity index (χ4v) is 3.19. The SMILES string of the molecule is CCSCc1nc(C2CC2)c(C(=N)N)s1. The molecular weight excluding hydrogens is 226 g/mol. The molecule has 3 nitrogen and oxygen atoms in total. The Kier molecular flexibility index (Phi) is 3.31. The van der Waals surface area contributed by atoms with E-state index in [1.807, 2.05) is 11.8 Å². The zero-order valence-corrected chi connectivity index (χ0v) is 10.4. The van der Waals surface area contributed by atoms with Crippen LogP contribution in [0.4, 0.5) is 0 Å². The lowest BCUT2D eigenvalue weighted by atomic mass is 10.2. The summed E-state index contributed by atoms with van der Waals surface area (Å²) in [7, 11) is 0. The van der Waals surface area contributed by atoms with Gasteiger partial charge in [0.15, 0.2) is 0 Å². The Balaban J connectivity index is 2.19. The number of aromatic nitrogens is 1. The van der Waals surface area contributed by atoms with Crippen LogP contribution < -0.4 is 5.73 Å². The molecule has 15 heavy (non-hydrogen) atoms. The fourth-order valence-electron chi connectivity index (χ4n) is 1.46. The molecular formula is C10H15N3S2. The number of nitrogen functional groups attached to an aromatic ring is 1. The lowest BCUT2D eigenvalue weighted by Gasteiger charge is -1.95. The highest BCUT2D eigenvalue weighted by Gasteiger charge is 2.30. The van der Waals surface area contributed by atoms with Gasteiger partial charge in [-0.2, -0.15) is 11.8 Å². The highest BCUT2D eigenvalue weighted by Crippen LogP contribution is 2.42. The van der Waals surface area contributed by atoms with Gasteiger partial charge < -0.3 is 5.73 Å². The number of nitrogens with two attached hydrogens (primary N) is 1. The molecule has 1 aromatic rings. The normalized spacial score (nSPS) is 15.5. The van der Waals surface area contributed by atoms with Crippen molar-refractivity contribution in [3.63, 3.8) is 0 Å². The Morgan fingerprint density at radius 3 is 2.93 bits per heavy atom. The van der Waals surface area contributed by atoms with Crippen LogP contribution in [0.25, 0.3) is 0 Å². The van der Waals surface area contributed by atoms with Crippen LogP contribution >= 0.6 is 23.1 Å². The molecule has 0 spiro atoms. The second-order valence-electron chi connectivity index (χ2n) is 3.65. The monoisotopic (exact) mass is 241 g/mol. The van der Waals surface area contributed by atoms with E-state index in [-0.39, 0.29) is 5.84 Å². The molecule has 1 fully saturated rings. The zero-order chi connectivity index (χ0) is 10.8. The number of thioether (sulfide) groups is 1. The number of thiazole rings is 1. The second kappa shape index (κ2) is 4.53. The largest absolute Gasteiger partial charge is 0.383 e. The Hall–Kier alpha value is -0.550. The summed E-state index contributed by atoms with van der Waals surface area (Å²) in [6.07, 6.45) is 2.43. The Bertz CT molecular complexity index is 369. The second-order valence-corrected chi connectivity index (χ2v) is 6.00. The maximum Gasteiger partial charge on any atom is 0.135 e. The van der Waals surface area contributed by atoms with Crippen molar-refractivity contribution in [2.24, 2.45) is 5.73 Å². The van der Waals surface area contributed by atoms with Crippen LogP contribution in [-0.4, -0.2) is 16.6 Å². The molecule has 1 aliphatic rings. The number of rotatable bonds is 5. The van der Waals surface area contributed by atoms with Gasteiger partial charge in [-0.15, -0.1) is 11.3 Å². The first-order chi connectivity index (χ1) is 7.22. The van der Waals surface area contributed by atoms with E-state index < -0.39 is 0 Å². The average Bonchev–Trinajstić information content (AvgIpc) is 2.95. The van der Waals surface area contributed by atoms with Gasteiger partial charge in [0.2, 0.25) is 0 Å². The van der Waals surface area contributed by atoms with Crippen molar-refractivity contribution in [1.29, 1.82) is 5.41 Å². The number of hydrogen-bond donors (Lipinski definition) is 2. The predicted molar refractivity (Wildman–Crippen MR) is 66.9 cm³/mol. The Labute approximate surface area is 98.0 Å². The summed E-state index contributed by atoms with van der Waals surface area (Å²) in [6, 6.07) is 0. The van der Waals surface area contributed by atoms with Gasteiger partial charge in [0.05, 0.1) is 10.6 Å². The van der Waals surface area contributed by atoms with Crippen LogP contribution in [0, 0.1) is 5.41 Å². The van der Waals surface area contributed by atoms with Crippen molar-refractivity contribution < 1.29 is 0 Å². The Morgan fingerprint density at radius 2 is 2.40 bits per heavy atom. The van der Waals surface area contributed by atoms with E-state index >= 15 is 0 Å².